The SMILES string of the molecule is CCOC1CC(N)(C(=O)N2CCC(c3ccccc3)C2C)C1(C)C. The summed E-state index contributed by atoms with van der Waals surface area (Å²) in [5.74, 6) is 0.485. The Labute approximate surface area is 145 Å². The molecule has 4 atom stereocenters. The third-order valence-electron chi connectivity index (χ3n) is 6.46. The Morgan fingerprint density at radius 1 is 1.33 bits per heavy atom. The van der Waals surface area contributed by atoms with Crippen LogP contribution < -0.4 is 5.73 Å². The molecule has 4 heteroatoms. The lowest BCUT2D eigenvalue weighted by atomic mass is 9.54. The van der Waals surface area contributed by atoms with Gasteiger partial charge in [-0.05, 0) is 25.8 Å². The van der Waals surface area contributed by atoms with Crippen LogP contribution in [-0.4, -0.2) is 41.6 Å². The molecule has 4 nitrogen and oxygen atoms in total. The molecule has 1 amide bonds. The quantitative estimate of drug-likeness (QED) is 0.923. The predicted octanol–water partition coefficient (Wildman–Crippen LogP) is 2.92. The van der Waals surface area contributed by atoms with Crippen molar-refractivity contribution in [3.05, 3.63) is 35.9 Å². The van der Waals surface area contributed by atoms with E-state index in [1.807, 2.05) is 17.9 Å². The van der Waals surface area contributed by atoms with E-state index < -0.39 is 5.54 Å². The zero-order valence-corrected chi connectivity index (χ0v) is 15.3. The molecule has 132 valence electrons. The molecule has 1 heterocycles. The molecule has 0 aromatic heterocycles. The van der Waals surface area contributed by atoms with Gasteiger partial charge in [0, 0.05) is 36.9 Å². The van der Waals surface area contributed by atoms with Crippen LogP contribution in [0.2, 0.25) is 0 Å². The molecule has 1 aliphatic carbocycles. The molecule has 24 heavy (non-hydrogen) atoms. The number of nitrogens with zero attached hydrogens (tertiary/aromatic N) is 1. The Hall–Kier alpha value is -1.39. The number of benzene rings is 1. The van der Waals surface area contributed by atoms with Gasteiger partial charge < -0.3 is 15.4 Å². The fraction of sp³-hybridized carbons (Fsp3) is 0.650. The standard InChI is InChI=1S/C20H30N2O2/c1-5-24-17-13-20(21,19(17,3)4)18(23)22-12-11-16(14(22)2)15-9-7-6-8-10-15/h6-10,14,16-17H,5,11-13,21H2,1-4H3. The molecule has 0 spiro atoms. The molecular formula is C20H30N2O2. The first-order valence-corrected chi connectivity index (χ1v) is 9.09. The molecule has 1 aromatic rings. The summed E-state index contributed by atoms with van der Waals surface area (Å²) >= 11 is 0. The van der Waals surface area contributed by atoms with Crippen molar-refractivity contribution in [2.24, 2.45) is 11.1 Å². The maximum atomic E-state index is 13.2. The van der Waals surface area contributed by atoms with Crippen LogP contribution >= 0.6 is 0 Å². The molecule has 2 aliphatic rings. The Morgan fingerprint density at radius 2 is 2.00 bits per heavy atom. The zero-order chi connectivity index (χ0) is 17.5. The summed E-state index contributed by atoms with van der Waals surface area (Å²) in [6.07, 6.45) is 1.69. The summed E-state index contributed by atoms with van der Waals surface area (Å²) in [6, 6.07) is 10.7. The van der Waals surface area contributed by atoms with Crippen molar-refractivity contribution >= 4 is 5.91 Å². The zero-order valence-electron chi connectivity index (χ0n) is 15.3. The second-order valence-corrected chi connectivity index (χ2v) is 7.89. The van der Waals surface area contributed by atoms with E-state index in [1.165, 1.54) is 5.56 Å². The van der Waals surface area contributed by atoms with Gasteiger partial charge in [-0.3, -0.25) is 4.79 Å². The van der Waals surface area contributed by atoms with Crippen LogP contribution in [0.4, 0.5) is 0 Å². The Bertz CT molecular complexity index is 601. The lowest BCUT2D eigenvalue weighted by Gasteiger charge is -2.58. The molecule has 4 unspecified atom stereocenters. The fourth-order valence-corrected chi connectivity index (χ4v) is 4.43. The number of ether oxygens (including phenoxy) is 1. The third-order valence-corrected chi connectivity index (χ3v) is 6.46. The molecule has 2 fully saturated rings. The third kappa shape index (κ3) is 2.47. The van der Waals surface area contributed by atoms with Crippen molar-refractivity contribution in [3.8, 4) is 0 Å². The van der Waals surface area contributed by atoms with Gasteiger partial charge in [0.2, 0.25) is 5.91 Å². The van der Waals surface area contributed by atoms with E-state index in [2.05, 4.69) is 45.0 Å². The summed E-state index contributed by atoms with van der Waals surface area (Å²) in [7, 11) is 0. The topological polar surface area (TPSA) is 55.6 Å². The first kappa shape index (κ1) is 17.4. The number of carbonyl (C=O) groups is 1. The van der Waals surface area contributed by atoms with E-state index in [4.69, 9.17) is 10.5 Å². The van der Waals surface area contributed by atoms with Crippen molar-refractivity contribution in [2.45, 2.75) is 64.1 Å². The summed E-state index contributed by atoms with van der Waals surface area (Å²) in [5.41, 5.74) is 6.77. The lowest BCUT2D eigenvalue weighted by molar-refractivity contribution is -0.179. The van der Waals surface area contributed by atoms with Gasteiger partial charge in [0.25, 0.3) is 0 Å². The van der Waals surface area contributed by atoms with Crippen molar-refractivity contribution in [1.82, 2.24) is 4.90 Å². The minimum absolute atomic E-state index is 0.0688. The first-order chi connectivity index (χ1) is 11.3. The normalized spacial score (nSPS) is 34.9. The highest BCUT2D eigenvalue weighted by molar-refractivity contribution is 5.89. The predicted molar refractivity (Wildman–Crippen MR) is 95.7 cm³/mol. The smallest absolute Gasteiger partial charge is 0.243 e. The number of amides is 1. The minimum atomic E-state index is -0.813. The average Bonchev–Trinajstić information content (AvgIpc) is 2.96. The van der Waals surface area contributed by atoms with Gasteiger partial charge in [0.15, 0.2) is 0 Å². The summed E-state index contributed by atoms with van der Waals surface area (Å²) in [6.45, 7) is 9.70. The number of rotatable bonds is 4. The first-order valence-electron chi connectivity index (χ1n) is 9.09. The number of carbonyl (C=O) groups excluding carboxylic acids is 1. The average molecular weight is 330 g/mol. The van der Waals surface area contributed by atoms with Crippen molar-refractivity contribution < 1.29 is 9.53 Å². The minimum Gasteiger partial charge on any atom is -0.378 e. The maximum absolute atomic E-state index is 13.2. The largest absolute Gasteiger partial charge is 0.378 e. The van der Waals surface area contributed by atoms with Gasteiger partial charge in [-0.2, -0.15) is 0 Å². The van der Waals surface area contributed by atoms with Gasteiger partial charge >= 0.3 is 0 Å². The number of nitrogens with two attached hydrogens (primary N) is 1. The molecule has 0 radical (unpaired) electrons. The van der Waals surface area contributed by atoms with Crippen LogP contribution in [-0.2, 0) is 9.53 Å². The molecule has 0 bridgehead atoms. The molecule has 3 rings (SSSR count). The van der Waals surface area contributed by atoms with Crippen LogP contribution in [0.1, 0.15) is 52.0 Å². The molecule has 2 N–H and O–H groups in total. The van der Waals surface area contributed by atoms with Crippen LogP contribution in [0, 0.1) is 5.41 Å². The van der Waals surface area contributed by atoms with Crippen molar-refractivity contribution in [1.29, 1.82) is 0 Å². The highest BCUT2D eigenvalue weighted by atomic mass is 16.5. The van der Waals surface area contributed by atoms with Crippen LogP contribution in [0.15, 0.2) is 30.3 Å². The second-order valence-electron chi connectivity index (χ2n) is 7.89. The van der Waals surface area contributed by atoms with Crippen LogP contribution in [0.25, 0.3) is 0 Å². The summed E-state index contributed by atoms with van der Waals surface area (Å²) in [5, 5.41) is 0. The highest BCUT2D eigenvalue weighted by Gasteiger charge is 2.64. The molecular weight excluding hydrogens is 300 g/mol. The van der Waals surface area contributed by atoms with E-state index in [9.17, 15) is 4.79 Å². The van der Waals surface area contributed by atoms with E-state index >= 15 is 0 Å². The maximum Gasteiger partial charge on any atom is 0.243 e. The van der Waals surface area contributed by atoms with Gasteiger partial charge in [-0.1, -0.05) is 44.2 Å². The van der Waals surface area contributed by atoms with E-state index in [0.717, 1.165) is 13.0 Å². The second kappa shape index (κ2) is 6.16. The van der Waals surface area contributed by atoms with Crippen LogP contribution in [0.5, 0.6) is 0 Å². The van der Waals surface area contributed by atoms with Gasteiger partial charge in [-0.25, -0.2) is 0 Å². The van der Waals surface area contributed by atoms with Crippen molar-refractivity contribution in [3.63, 3.8) is 0 Å². The number of hydrogen-bond acceptors (Lipinski definition) is 3. The Morgan fingerprint density at radius 3 is 2.58 bits per heavy atom. The van der Waals surface area contributed by atoms with Crippen LogP contribution in [0.3, 0.4) is 0 Å². The van der Waals surface area contributed by atoms with Gasteiger partial charge in [-0.15, -0.1) is 0 Å². The number of likely N-dealkylation sites (tertiary alicyclic amines) is 1. The molecule has 1 saturated carbocycles. The van der Waals surface area contributed by atoms with E-state index in [1.54, 1.807) is 0 Å². The van der Waals surface area contributed by atoms with E-state index in [-0.39, 0.29) is 23.5 Å². The summed E-state index contributed by atoms with van der Waals surface area (Å²) < 4.78 is 5.77. The van der Waals surface area contributed by atoms with Gasteiger partial charge in [0.1, 0.15) is 5.54 Å². The van der Waals surface area contributed by atoms with Crippen molar-refractivity contribution in [2.75, 3.05) is 13.2 Å². The van der Waals surface area contributed by atoms with Gasteiger partial charge in [0.05, 0.1) is 6.10 Å². The Balaban J connectivity index is 1.75. The molecule has 1 aromatic carbocycles. The Kier molecular flexibility index (Phi) is 4.47. The lowest BCUT2D eigenvalue weighted by Crippen LogP contribution is -2.76. The molecule has 1 aliphatic heterocycles. The molecule has 1 saturated heterocycles. The monoisotopic (exact) mass is 330 g/mol. The summed E-state index contributed by atoms with van der Waals surface area (Å²) in [4.78, 5) is 15.2. The fourth-order valence-electron chi connectivity index (χ4n) is 4.43. The highest BCUT2D eigenvalue weighted by Crippen LogP contribution is 2.51. The number of hydrogen-bond donors (Lipinski definition) is 1. The van der Waals surface area contributed by atoms with E-state index in [0.29, 0.717) is 18.9 Å².